The number of nitrogens with one attached hydrogen (secondary N) is 1. The first-order valence-corrected chi connectivity index (χ1v) is 8.17. The lowest BCUT2D eigenvalue weighted by Gasteiger charge is -2.20. The summed E-state index contributed by atoms with van der Waals surface area (Å²) in [4.78, 5) is 4.42. The van der Waals surface area contributed by atoms with Crippen molar-refractivity contribution >= 4 is 20.8 Å². The molecule has 6 nitrogen and oxygen atoms in total. The minimum atomic E-state index is -3.45. The minimum Gasteiger partial charge on any atom is -0.412 e. The van der Waals surface area contributed by atoms with Crippen molar-refractivity contribution in [2.24, 2.45) is 0 Å². The Morgan fingerprint density at radius 2 is 2.00 bits per heavy atom. The Hall–Kier alpha value is -1.54. The van der Waals surface area contributed by atoms with Crippen molar-refractivity contribution in [2.45, 2.75) is 11.3 Å². The molecular formula is C14H19N3O3S. The molecule has 1 aromatic carbocycles. The molecule has 3 rings (SSSR count). The Balaban J connectivity index is 0.00000161. The van der Waals surface area contributed by atoms with E-state index in [0.29, 0.717) is 24.5 Å². The van der Waals surface area contributed by atoms with Crippen LogP contribution in [0.5, 0.6) is 0 Å². The zero-order chi connectivity index (χ0) is 14.0. The number of fused-ring (bicyclic) bond motifs is 1. The van der Waals surface area contributed by atoms with Crippen molar-refractivity contribution in [2.75, 3.05) is 26.2 Å². The average Bonchev–Trinajstić information content (AvgIpc) is 2.76. The van der Waals surface area contributed by atoms with E-state index in [0.717, 1.165) is 23.7 Å². The fourth-order valence-electron chi connectivity index (χ4n) is 2.52. The molecule has 2 heterocycles. The Morgan fingerprint density at radius 1 is 1.14 bits per heavy atom. The van der Waals surface area contributed by atoms with Crippen LogP contribution in [0.1, 0.15) is 6.42 Å². The molecule has 21 heavy (non-hydrogen) atoms. The first-order valence-electron chi connectivity index (χ1n) is 6.73. The van der Waals surface area contributed by atoms with Gasteiger partial charge in [0.05, 0.1) is 4.90 Å². The quantitative estimate of drug-likeness (QED) is 0.868. The smallest absolute Gasteiger partial charge is 0.243 e. The van der Waals surface area contributed by atoms with E-state index in [4.69, 9.17) is 0 Å². The topological polar surface area (TPSA) is 93.8 Å². The summed E-state index contributed by atoms with van der Waals surface area (Å²) >= 11 is 0. The monoisotopic (exact) mass is 309 g/mol. The van der Waals surface area contributed by atoms with Crippen molar-refractivity contribution in [3.8, 4) is 0 Å². The van der Waals surface area contributed by atoms with Crippen LogP contribution in [0, 0.1) is 0 Å². The van der Waals surface area contributed by atoms with Crippen LogP contribution in [0.3, 0.4) is 0 Å². The second-order valence-electron chi connectivity index (χ2n) is 4.86. The summed E-state index contributed by atoms with van der Waals surface area (Å²) in [6.07, 6.45) is 4.16. The molecule has 114 valence electrons. The predicted molar refractivity (Wildman–Crippen MR) is 81.6 cm³/mol. The zero-order valence-electron chi connectivity index (χ0n) is 11.6. The second-order valence-corrected chi connectivity index (χ2v) is 6.77. The van der Waals surface area contributed by atoms with E-state index in [9.17, 15) is 8.42 Å². The number of rotatable bonds is 2. The van der Waals surface area contributed by atoms with Gasteiger partial charge in [-0.05, 0) is 25.1 Å². The molecule has 1 fully saturated rings. The third kappa shape index (κ3) is 3.06. The van der Waals surface area contributed by atoms with Crippen molar-refractivity contribution < 1.29 is 13.9 Å². The molecule has 0 saturated carbocycles. The Kier molecular flexibility index (Phi) is 4.89. The zero-order valence-corrected chi connectivity index (χ0v) is 12.4. The average molecular weight is 309 g/mol. The largest absolute Gasteiger partial charge is 0.412 e. The molecule has 7 heteroatoms. The molecule has 2 aromatic rings. The first-order chi connectivity index (χ1) is 9.69. The van der Waals surface area contributed by atoms with Gasteiger partial charge in [-0.25, -0.2) is 8.42 Å². The van der Waals surface area contributed by atoms with E-state index in [-0.39, 0.29) is 5.48 Å². The highest BCUT2D eigenvalue weighted by molar-refractivity contribution is 7.89. The standard InChI is InChI=1S/C14H17N3O2S.H2O/c18-20(19,17-9-2-6-15-8-10-17)14-4-1-3-12-11-16-7-5-13(12)14;/h1,3-5,7,11,15H,2,6,8-10H2;1H2. The summed E-state index contributed by atoms with van der Waals surface area (Å²) in [6, 6.07) is 7.09. The predicted octanol–water partition coefficient (Wildman–Crippen LogP) is 0.394. The lowest BCUT2D eigenvalue weighted by molar-refractivity contribution is 0.432. The molecule has 0 amide bonds. The van der Waals surface area contributed by atoms with Gasteiger partial charge in [-0.1, -0.05) is 12.1 Å². The lowest BCUT2D eigenvalue weighted by Crippen LogP contribution is -2.34. The summed E-state index contributed by atoms with van der Waals surface area (Å²) in [5.41, 5.74) is 0. The molecule has 1 saturated heterocycles. The molecule has 0 aliphatic carbocycles. The normalized spacial score (nSPS) is 17.1. The van der Waals surface area contributed by atoms with E-state index in [1.807, 2.05) is 6.07 Å². The van der Waals surface area contributed by atoms with Gasteiger partial charge >= 0.3 is 0 Å². The highest BCUT2D eigenvalue weighted by Gasteiger charge is 2.26. The van der Waals surface area contributed by atoms with Gasteiger partial charge in [0.15, 0.2) is 0 Å². The number of hydrogen-bond donors (Lipinski definition) is 1. The maximum atomic E-state index is 12.8. The van der Waals surface area contributed by atoms with Crippen LogP contribution < -0.4 is 5.32 Å². The number of pyridine rings is 1. The number of aromatic nitrogens is 1. The van der Waals surface area contributed by atoms with Gasteiger partial charge in [0, 0.05) is 42.8 Å². The van der Waals surface area contributed by atoms with Crippen LogP contribution in [0.2, 0.25) is 0 Å². The van der Waals surface area contributed by atoms with Crippen molar-refractivity contribution in [3.05, 3.63) is 36.7 Å². The highest BCUT2D eigenvalue weighted by atomic mass is 32.2. The molecule has 1 aliphatic heterocycles. The molecular weight excluding hydrogens is 290 g/mol. The number of sulfonamides is 1. The van der Waals surface area contributed by atoms with Crippen LogP contribution in [0.15, 0.2) is 41.6 Å². The molecule has 0 bridgehead atoms. The molecule has 3 N–H and O–H groups in total. The van der Waals surface area contributed by atoms with E-state index < -0.39 is 10.0 Å². The summed E-state index contributed by atoms with van der Waals surface area (Å²) in [6.45, 7) is 2.65. The highest BCUT2D eigenvalue weighted by Crippen LogP contribution is 2.25. The van der Waals surface area contributed by atoms with Gasteiger partial charge in [0.25, 0.3) is 0 Å². The van der Waals surface area contributed by atoms with Crippen LogP contribution in [-0.2, 0) is 10.0 Å². The van der Waals surface area contributed by atoms with Crippen LogP contribution in [0.4, 0.5) is 0 Å². The SMILES string of the molecule is O.O=S(=O)(c1cccc2cnccc12)N1CCCNCC1. The Morgan fingerprint density at radius 3 is 2.86 bits per heavy atom. The molecule has 0 unspecified atom stereocenters. The maximum Gasteiger partial charge on any atom is 0.243 e. The van der Waals surface area contributed by atoms with E-state index in [1.165, 1.54) is 0 Å². The molecule has 1 aliphatic rings. The third-order valence-electron chi connectivity index (χ3n) is 3.56. The van der Waals surface area contributed by atoms with E-state index in [1.54, 1.807) is 34.9 Å². The summed E-state index contributed by atoms with van der Waals surface area (Å²) in [5, 5.41) is 4.81. The minimum absolute atomic E-state index is 0. The third-order valence-corrected chi connectivity index (χ3v) is 5.51. The van der Waals surface area contributed by atoms with Gasteiger partial charge < -0.3 is 10.8 Å². The summed E-state index contributed by atoms with van der Waals surface area (Å²) in [7, 11) is -3.45. The van der Waals surface area contributed by atoms with Crippen molar-refractivity contribution in [3.63, 3.8) is 0 Å². The van der Waals surface area contributed by atoms with Crippen molar-refractivity contribution in [1.82, 2.24) is 14.6 Å². The molecule has 0 spiro atoms. The Labute approximate surface area is 124 Å². The van der Waals surface area contributed by atoms with E-state index >= 15 is 0 Å². The van der Waals surface area contributed by atoms with Gasteiger partial charge in [0.1, 0.15) is 0 Å². The number of nitrogens with zero attached hydrogens (tertiary/aromatic N) is 2. The molecule has 0 radical (unpaired) electrons. The molecule has 1 aromatic heterocycles. The summed E-state index contributed by atoms with van der Waals surface area (Å²) in [5.74, 6) is 0. The van der Waals surface area contributed by atoms with E-state index in [2.05, 4.69) is 10.3 Å². The van der Waals surface area contributed by atoms with Crippen LogP contribution >= 0.6 is 0 Å². The van der Waals surface area contributed by atoms with Gasteiger partial charge in [-0.15, -0.1) is 0 Å². The fraction of sp³-hybridized carbons (Fsp3) is 0.357. The first kappa shape index (κ1) is 15.8. The molecule has 0 atom stereocenters. The fourth-order valence-corrected chi connectivity index (χ4v) is 4.21. The second kappa shape index (κ2) is 6.48. The maximum absolute atomic E-state index is 12.8. The van der Waals surface area contributed by atoms with Crippen LogP contribution in [0.25, 0.3) is 10.8 Å². The van der Waals surface area contributed by atoms with Gasteiger partial charge in [-0.3, -0.25) is 4.98 Å². The van der Waals surface area contributed by atoms with Crippen molar-refractivity contribution in [1.29, 1.82) is 0 Å². The van der Waals surface area contributed by atoms with Gasteiger partial charge in [0.2, 0.25) is 10.0 Å². The number of benzene rings is 1. The summed E-state index contributed by atoms with van der Waals surface area (Å²) < 4.78 is 27.2. The Bertz CT molecular complexity index is 705. The van der Waals surface area contributed by atoms with Gasteiger partial charge in [-0.2, -0.15) is 4.31 Å². The van der Waals surface area contributed by atoms with Crippen LogP contribution in [-0.4, -0.2) is 49.4 Å². The number of hydrogen-bond acceptors (Lipinski definition) is 4. The lowest BCUT2D eigenvalue weighted by atomic mass is 10.2.